The Morgan fingerprint density at radius 3 is 2.85 bits per heavy atom. The summed E-state index contributed by atoms with van der Waals surface area (Å²) in [4.78, 5) is 32.8. The number of hydrogen-bond donors (Lipinski definition) is 2. The number of piperidine rings is 1. The van der Waals surface area contributed by atoms with Crippen molar-refractivity contribution in [3.05, 3.63) is 71.0 Å². The molecule has 4 aliphatic rings. The number of rotatable bonds is 6. The van der Waals surface area contributed by atoms with Gasteiger partial charge < -0.3 is 14.6 Å². The average molecular weight is 543 g/mol. The van der Waals surface area contributed by atoms with E-state index in [0.29, 0.717) is 18.9 Å². The second-order valence-electron chi connectivity index (χ2n) is 11.5. The highest BCUT2D eigenvalue weighted by Crippen LogP contribution is 2.37. The second kappa shape index (κ2) is 10.6. The summed E-state index contributed by atoms with van der Waals surface area (Å²) in [6.07, 6.45) is 3.92. The summed E-state index contributed by atoms with van der Waals surface area (Å²) in [6, 6.07) is 14.1. The number of aliphatic hydroxyl groups excluding tert-OH is 1. The number of pyridine rings is 1. The molecular weight excluding hydrogens is 508 g/mol. The molecule has 0 aliphatic carbocycles. The lowest BCUT2D eigenvalue weighted by molar-refractivity contribution is -0.141. The van der Waals surface area contributed by atoms with E-state index in [1.807, 2.05) is 24.4 Å². The molecule has 9 heteroatoms. The predicted molar refractivity (Wildman–Crippen MR) is 147 cm³/mol. The quantitative estimate of drug-likeness (QED) is 0.459. The van der Waals surface area contributed by atoms with E-state index in [1.54, 1.807) is 4.90 Å². The third kappa shape index (κ3) is 4.99. The third-order valence-electron chi connectivity index (χ3n) is 8.79. The number of aromatic nitrogens is 1. The Balaban J connectivity index is 0.962. The first-order valence-electron chi connectivity index (χ1n) is 14.3. The molecular formula is C31H34N4O5. The average Bonchev–Trinajstić information content (AvgIpc) is 3.70. The Bertz CT molecular complexity index is 1450. The van der Waals surface area contributed by atoms with Gasteiger partial charge in [0, 0.05) is 62.3 Å². The second-order valence-corrected chi connectivity index (χ2v) is 11.5. The molecule has 1 aromatic heterocycles. The maximum atomic E-state index is 12.4. The smallest absolute Gasteiger partial charge is 0.244 e. The molecule has 0 spiro atoms. The highest BCUT2D eigenvalue weighted by molar-refractivity contribution is 6.00. The maximum Gasteiger partial charge on any atom is 0.244 e. The Hall–Kier alpha value is -3.37. The summed E-state index contributed by atoms with van der Waals surface area (Å²) in [7, 11) is 0. The van der Waals surface area contributed by atoms with Crippen LogP contribution in [0.2, 0.25) is 0 Å². The molecule has 2 unspecified atom stereocenters. The first kappa shape index (κ1) is 25.6. The number of nitrogens with zero attached hydrogens (tertiary/aromatic N) is 3. The van der Waals surface area contributed by atoms with Crippen LogP contribution in [0.25, 0.3) is 10.8 Å². The van der Waals surface area contributed by atoms with Gasteiger partial charge in [-0.05, 0) is 60.0 Å². The zero-order valence-corrected chi connectivity index (χ0v) is 22.4. The first-order chi connectivity index (χ1) is 19.5. The van der Waals surface area contributed by atoms with Crippen LogP contribution in [0.3, 0.4) is 0 Å². The highest BCUT2D eigenvalue weighted by Gasteiger charge is 2.40. The fourth-order valence-corrected chi connectivity index (χ4v) is 6.59. The Kier molecular flexibility index (Phi) is 6.75. The summed E-state index contributed by atoms with van der Waals surface area (Å²) in [6.45, 7) is 4.65. The zero-order chi connectivity index (χ0) is 27.2. The fraction of sp³-hybridized carbons (Fsp3) is 0.452. The van der Waals surface area contributed by atoms with Gasteiger partial charge in [0.15, 0.2) is 0 Å². The van der Waals surface area contributed by atoms with E-state index in [-0.39, 0.29) is 24.3 Å². The van der Waals surface area contributed by atoms with Crippen LogP contribution in [-0.4, -0.2) is 70.2 Å². The topological polar surface area (TPSA) is 104 Å². The number of imide groups is 1. The van der Waals surface area contributed by atoms with Crippen LogP contribution in [-0.2, 0) is 27.4 Å². The van der Waals surface area contributed by atoms with Crippen LogP contribution >= 0.6 is 0 Å². The number of fused-ring (bicyclic) bond motifs is 2. The Labute approximate surface area is 233 Å². The molecule has 2 aromatic carbocycles. The normalized spacial score (nSPS) is 27.3. The SMILES string of the molecule is O=C1CCC(N2Cc3cc(O[C@H]4CCN(Cc5cc6ccc([C@@H]7CCOC7)cc6cn5)C4)ccc3C2O)C(=O)N1. The number of benzene rings is 2. The molecule has 2 amide bonds. The molecule has 2 N–H and O–H groups in total. The predicted octanol–water partition coefficient (Wildman–Crippen LogP) is 3.00. The monoisotopic (exact) mass is 542 g/mol. The molecule has 3 aromatic rings. The molecule has 9 nitrogen and oxygen atoms in total. The van der Waals surface area contributed by atoms with Crippen molar-refractivity contribution in [2.45, 2.75) is 63.1 Å². The number of ether oxygens (including phenoxy) is 2. The number of carbonyl (C=O) groups is 2. The van der Waals surface area contributed by atoms with Gasteiger partial charge in [-0.2, -0.15) is 0 Å². The molecule has 3 saturated heterocycles. The molecule has 0 saturated carbocycles. The van der Waals surface area contributed by atoms with Crippen molar-refractivity contribution in [3.63, 3.8) is 0 Å². The van der Waals surface area contributed by atoms with E-state index in [9.17, 15) is 14.7 Å². The van der Waals surface area contributed by atoms with Gasteiger partial charge >= 0.3 is 0 Å². The van der Waals surface area contributed by atoms with Crippen LogP contribution in [0, 0.1) is 0 Å². The maximum absolute atomic E-state index is 12.4. The lowest BCUT2D eigenvalue weighted by atomic mass is 9.96. The fourth-order valence-electron chi connectivity index (χ4n) is 6.59. The summed E-state index contributed by atoms with van der Waals surface area (Å²) >= 11 is 0. The summed E-state index contributed by atoms with van der Waals surface area (Å²) in [5.74, 6) is 0.672. The van der Waals surface area contributed by atoms with Gasteiger partial charge in [-0.1, -0.05) is 18.2 Å². The molecule has 40 heavy (non-hydrogen) atoms. The van der Waals surface area contributed by atoms with E-state index in [0.717, 1.165) is 68.3 Å². The number of amides is 2. The van der Waals surface area contributed by atoms with Crippen molar-refractivity contribution in [1.82, 2.24) is 20.1 Å². The molecule has 0 bridgehead atoms. The molecule has 5 heterocycles. The Morgan fingerprint density at radius 2 is 2.00 bits per heavy atom. The van der Waals surface area contributed by atoms with E-state index in [2.05, 4.69) is 34.5 Å². The van der Waals surface area contributed by atoms with E-state index < -0.39 is 12.3 Å². The Morgan fingerprint density at radius 1 is 1.07 bits per heavy atom. The molecule has 4 atom stereocenters. The van der Waals surface area contributed by atoms with Crippen LogP contribution in [0.5, 0.6) is 5.75 Å². The van der Waals surface area contributed by atoms with Crippen LogP contribution in [0.1, 0.15) is 60.2 Å². The highest BCUT2D eigenvalue weighted by atomic mass is 16.5. The van der Waals surface area contributed by atoms with Crippen molar-refractivity contribution >= 4 is 22.6 Å². The lowest BCUT2D eigenvalue weighted by Gasteiger charge is -2.31. The molecule has 3 fully saturated rings. The van der Waals surface area contributed by atoms with Gasteiger partial charge in [0.05, 0.1) is 18.3 Å². The molecule has 0 radical (unpaired) electrons. The standard InChI is InChI=1S/C31H34N4O5/c36-29-6-5-28(30(37)33-29)35-15-23-13-25(3-4-27(23)31(35)38)40-26-7-9-34(17-26)16-24-12-20-2-1-19(11-22(20)14-32-24)21-8-10-39-18-21/h1-4,11-14,21,26,28,31,38H,5-10,15-18H2,(H,33,36,37)/t21-,26+,28?,31?/m1/s1. The summed E-state index contributed by atoms with van der Waals surface area (Å²) in [5.41, 5.74) is 4.14. The van der Waals surface area contributed by atoms with Gasteiger partial charge in [0.2, 0.25) is 11.8 Å². The summed E-state index contributed by atoms with van der Waals surface area (Å²) < 4.78 is 11.9. The minimum atomic E-state index is -0.868. The van der Waals surface area contributed by atoms with Gasteiger partial charge in [-0.15, -0.1) is 0 Å². The van der Waals surface area contributed by atoms with Crippen molar-refractivity contribution in [2.24, 2.45) is 0 Å². The largest absolute Gasteiger partial charge is 0.489 e. The molecule has 208 valence electrons. The van der Waals surface area contributed by atoms with Crippen molar-refractivity contribution in [2.75, 3.05) is 26.3 Å². The number of likely N-dealkylation sites (tertiary alicyclic amines) is 1. The number of nitrogens with one attached hydrogen (secondary N) is 1. The van der Waals surface area contributed by atoms with E-state index >= 15 is 0 Å². The van der Waals surface area contributed by atoms with Crippen LogP contribution in [0.15, 0.2) is 48.7 Å². The number of carbonyl (C=O) groups excluding carboxylic acids is 2. The van der Waals surface area contributed by atoms with Gasteiger partial charge in [-0.25, -0.2) is 0 Å². The van der Waals surface area contributed by atoms with Gasteiger partial charge in [0.25, 0.3) is 0 Å². The summed E-state index contributed by atoms with van der Waals surface area (Å²) in [5, 5.41) is 15.6. The minimum Gasteiger partial charge on any atom is -0.489 e. The van der Waals surface area contributed by atoms with Gasteiger partial charge in [-0.3, -0.25) is 29.7 Å². The van der Waals surface area contributed by atoms with E-state index in [1.165, 1.54) is 16.3 Å². The molecule has 7 rings (SSSR count). The van der Waals surface area contributed by atoms with Gasteiger partial charge in [0.1, 0.15) is 18.1 Å². The van der Waals surface area contributed by atoms with Crippen molar-refractivity contribution in [3.8, 4) is 5.75 Å². The third-order valence-corrected chi connectivity index (χ3v) is 8.79. The first-order valence-corrected chi connectivity index (χ1v) is 14.3. The van der Waals surface area contributed by atoms with E-state index in [4.69, 9.17) is 14.5 Å². The van der Waals surface area contributed by atoms with Crippen LogP contribution in [0.4, 0.5) is 0 Å². The minimum absolute atomic E-state index is 0.0762. The molecule has 4 aliphatic heterocycles. The van der Waals surface area contributed by atoms with Crippen molar-refractivity contribution < 1.29 is 24.2 Å². The zero-order valence-electron chi connectivity index (χ0n) is 22.4. The lowest BCUT2D eigenvalue weighted by Crippen LogP contribution is -2.51. The van der Waals surface area contributed by atoms with Crippen LogP contribution < -0.4 is 10.1 Å². The number of hydrogen-bond acceptors (Lipinski definition) is 8. The van der Waals surface area contributed by atoms with Crippen molar-refractivity contribution in [1.29, 1.82) is 0 Å². The number of aliphatic hydroxyl groups is 1.